The lowest BCUT2D eigenvalue weighted by molar-refractivity contribution is 0.320. The van der Waals surface area contributed by atoms with Crippen LogP contribution in [0.1, 0.15) is 5.56 Å². The molecule has 2 rings (SSSR count). The lowest BCUT2D eigenvalue weighted by Crippen LogP contribution is -2.00. The molecule has 1 aliphatic carbocycles. The van der Waals surface area contributed by atoms with Crippen LogP contribution >= 0.6 is 11.6 Å². The molecule has 0 fully saturated rings. The van der Waals surface area contributed by atoms with E-state index in [1.807, 2.05) is 0 Å². The van der Waals surface area contributed by atoms with Crippen molar-refractivity contribution >= 4 is 22.9 Å². The van der Waals surface area contributed by atoms with Crippen molar-refractivity contribution in [2.75, 3.05) is 7.11 Å². The summed E-state index contributed by atoms with van der Waals surface area (Å²) in [6, 6.07) is 9.33. The second-order valence-electron chi connectivity index (χ2n) is 3.98. The Bertz CT molecular complexity index is 677. The van der Waals surface area contributed by atoms with Gasteiger partial charge in [0.25, 0.3) is 0 Å². The molecule has 0 aliphatic heterocycles. The smallest absolute Gasteiger partial charge is 0.121 e. The zero-order valence-electron chi connectivity index (χ0n) is 10.7. The minimum atomic E-state index is 0.266. The van der Waals surface area contributed by atoms with Gasteiger partial charge in [-0.2, -0.15) is 5.26 Å². The van der Waals surface area contributed by atoms with E-state index in [9.17, 15) is 5.26 Å². The van der Waals surface area contributed by atoms with Crippen LogP contribution in [0.2, 0.25) is 0 Å². The Hall–Kier alpha value is -2.51. The maximum Gasteiger partial charge on any atom is 0.121 e. The number of nitriles is 1. The van der Waals surface area contributed by atoms with Crippen LogP contribution in [-0.4, -0.2) is 18.0 Å². The minimum Gasteiger partial charge on any atom is -0.497 e. The number of allylic oxidation sites excluding steroid dienone is 6. The molecule has 5 heteroatoms. The molecule has 1 aromatic carbocycles. The highest BCUT2D eigenvalue weighted by Crippen LogP contribution is 2.26. The van der Waals surface area contributed by atoms with Crippen molar-refractivity contribution in [2.24, 2.45) is 5.16 Å². The highest BCUT2D eigenvalue weighted by molar-refractivity contribution is 6.46. The number of oxime groups is 1. The number of hydrogen-bond acceptors (Lipinski definition) is 4. The van der Waals surface area contributed by atoms with Gasteiger partial charge in [0, 0.05) is 0 Å². The average molecular weight is 287 g/mol. The lowest BCUT2D eigenvalue weighted by Gasteiger charge is -2.09. The van der Waals surface area contributed by atoms with Crippen molar-refractivity contribution in [3.8, 4) is 11.8 Å². The molecule has 0 aromatic heterocycles. The highest BCUT2D eigenvalue weighted by atomic mass is 35.5. The van der Waals surface area contributed by atoms with Crippen LogP contribution in [0.5, 0.6) is 5.75 Å². The Morgan fingerprint density at radius 3 is 2.50 bits per heavy atom. The summed E-state index contributed by atoms with van der Waals surface area (Å²) in [4.78, 5) is 0. The zero-order valence-corrected chi connectivity index (χ0v) is 11.4. The summed E-state index contributed by atoms with van der Waals surface area (Å²) in [6.07, 6.45) is 4.83. The average Bonchev–Trinajstić information content (AvgIpc) is 2.49. The van der Waals surface area contributed by atoms with Gasteiger partial charge in [-0.25, -0.2) is 0 Å². The molecule has 0 atom stereocenters. The van der Waals surface area contributed by atoms with Crippen LogP contribution in [0.4, 0.5) is 0 Å². The molecule has 0 bridgehead atoms. The third-order valence-corrected chi connectivity index (χ3v) is 3.14. The molecular formula is C15H11ClN2O2. The molecule has 0 saturated heterocycles. The van der Waals surface area contributed by atoms with E-state index < -0.39 is 0 Å². The molecule has 100 valence electrons. The largest absolute Gasteiger partial charge is 0.497 e. The summed E-state index contributed by atoms with van der Waals surface area (Å²) in [7, 11) is 1.58. The third kappa shape index (κ3) is 2.73. The number of ether oxygens (including phenoxy) is 1. The number of rotatable bonds is 2. The van der Waals surface area contributed by atoms with E-state index in [1.54, 1.807) is 49.6 Å². The van der Waals surface area contributed by atoms with Crippen LogP contribution in [0.15, 0.2) is 58.3 Å². The Morgan fingerprint density at radius 2 is 2.00 bits per heavy atom. The second-order valence-corrected chi connectivity index (χ2v) is 4.39. The van der Waals surface area contributed by atoms with E-state index in [2.05, 4.69) is 11.2 Å². The molecule has 4 nitrogen and oxygen atoms in total. The number of nitrogens with zero attached hydrogens (tertiary/aromatic N) is 2. The third-order valence-electron chi connectivity index (χ3n) is 2.83. The van der Waals surface area contributed by atoms with Crippen molar-refractivity contribution in [1.29, 1.82) is 5.26 Å². The van der Waals surface area contributed by atoms with Crippen LogP contribution in [0, 0.1) is 11.3 Å². The molecule has 0 amide bonds. The Balaban J connectivity index is 2.47. The van der Waals surface area contributed by atoms with Gasteiger partial charge in [-0.1, -0.05) is 22.8 Å². The van der Waals surface area contributed by atoms with E-state index in [1.165, 1.54) is 0 Å². The van der Waals surface area contributed by atoms with Gasteiger partial charge in [-0.15, -0.1) is 0 Å². The predicted octanol–water partition coefficient (Wildman–Crippen LogP) is 3.50. The van der Waals surface area contributed by atoms with Gasteiger partial charge < -0.3 is 9.94 Å². The molecule has 1 aromatic rings. The first-order valence-electron chi connectivity index (χ1n) is 5.76. The lowest BCUT2D eigenvalue weighted by atomic mass is 9.97. The SMILES string of the molecule is COc1ccc(/C(C#N)=C2C=C/C(=N/O)C(Cl)=C/2)cc1. The normalized spacial score (nSPS) is 18.4. The van der Waals surface area contributed by atoms with E-state index in [0.29, 0.717) is 11.1 Å². The standard InChI is InChI=1S/C15H11ClN2O2/c1-20-12-5-2-10(3-6-12)13(9-17)11-4-7-15(18-19)14(16)8-11/h2-8,19H,1H3/b13-11-,18-15-. The number of methoxy groups -OCH3 is 1. The second kappa shape index (κ2) is 6.09. The molecule has 0 unspecified atom stereocenters. The van der Waals surface area contributed by atoms with Crippen molar-refractivity contribution in [1.82, 2.24) is 0 Å². The fourth-order valence-corrected chi connectivity index (χ4v) is 2.02. The van der Waals surface area contributed by atoms with Crippen molar-refractivity contribution in [2.45, 2.75) is 0 Å². The van der Waals surface area contributed by atoms with Gasteiger partial charge >= 0.3 is 0 Å². The van der Waals surface area contributed by atoms with Gasteiger partial charge in [-0.05, 0) is 47.6 Å². The van der Waals surface area contributed by atoms with Crippen molar-refractivity contribution < 1.29 is 9.94 Å². The van der Waals surface area contributed by atoms with E-state index in [-0.39, 0.29) is 10.7 Å². The highest BCUT2D eigenvalue weighted by Gasteiger charge is 2.12. The molecule has 1 aliphatic rings. The van der Waals surface area contributed by atoms with E-state index in [4.69, 9.17) is 21.5 Å². The Morgan fingerprint density at radius 1 is 1.30 bits per heavy atom. The molecule has 0 spiro atoms. The fourth-order valence-electron chi connectivity index (χ4n) is 1.80. The summed E-state index contributed by atoms with van der Waals surface area (Å²) >= 11 is 5.97. The van der Waals surface area contributed by atoms with Gasteiger partial charge in [0.2, 0.25) is 0 Å². The Kier molecular flexibility index (Phi) is 4.24. The maximum atomic E-state index is 9.34. The number of benzene rings is 1. The quantitative estimate of drug-likeness (QED) is 0.514. The molecular weight excluding hydrogens is 276 g/mol. The van der Waals surface area contributed by atoms with Crippen LogP contribution in [-0.2, 0) is 0 Å². The van der Waals surface area contributed by atoms with E-state index in [0.717, 1.165) is 11.3 Å². The van der Waals surface area contributed by atoms with E-state index >= 15 is 0 Å². The van der Waals surface area contributed by atoms with Gasteiger partial charge in [-0.3, -0.25) is 0 Å². The Labute approximate surface area is 121 Å². The summed E-state index contributed by atoms with van der Waals surface area (Å²) in [5, 5.41) is 21.4. The van der Waals surface area contributed by atoms with Crippen molar-refractivity contribution in [3.05, 3.63) is 58.7 Å². The van der Waals surface area contributed by atoms with Crippen LogP contribution in [0.3, 0.4) is 0 Å². The first-order chi connectivity index (χ1) is 9.69. The monoisotopic (exact) mass is 286 g/mol. The molecule has 1 N–H and O–H groups in total. The molecule has 0 saturated carbocycles. The first-order valence-corrected chi connectivity index (χ1v) is 6.14. The number of hydrogen-bond donors (Lipinski definition) is 1. The summed E-state index contributed by atoms with van der Waals surface area (Å²) in [6.45, 7) is 0. The van der Waals surface area contributed by atoms with Crippen LogP contribution in [0.25, 0.3) is 5.57 Å². The summed E-state index contributed by atoms with van der Waals surface area (Å²) < 4.78 is 5.08. The summed E-state index contributed by atoms with van der Waals surface area (Å²) in [5.74, 6) is 0.721. The van der Waals surface area contributed by atoms with Gasteiger partial charge in [0.15, 0.2) is 0 Å². The molecule has 0 radical (unpaired) electrons. The summed E-state index contributed by atoms with van der Waals surface area (Å²) in [5.41, 5.74) is 2.18. The molecule has 20 heavy (non-hydrogen) atoms. The topological polar surface area (TPSA) is 65.6 Å². The fraction of sp³-hybridized carbons (Fsp3) is 0.0667. The van der Waals surface area contributed by atoms with Crippen molar-refractivity contribution in [3.63, 3.8) is 0 Å². The maximum absolute atomic E-state index is 9.34. The van der Waals surface area contributed by atoms with Crippen LogP contribution < -0.4 is 4.74 Å². The van der Waals surface area contributed by atoms with Gasteiger partial charge in [0.05, 0.1) is 17.7 Å². The zero-order chi connectivity index (χ0) is 14.5. The predicted molar refractivity (Wildman–Crippen MR) is 77.8 cm³/mol. The number of halogens is 1. The minimum absolute atomic E-state index is 0.266. The molecule has 0 heterocycles. The first kappa shape index (κ1) is 13.9. The van der Waals surface area contributed by atoms with Gasteiger partial charge in [0.1, 0.15) is 17.5 Å².